The topological polar surface area (TPSA) is 115 Å². The summed E-state index contributed by atoms with van der Waals surface area (Å²) in [6.45, 7) is 0. The number of rotatable bonds is 8. The molecule has 0 saturated carbocycles. The molecule has 3 rings (SSSR count). The van der Waals surface area contributed by atoms with Crippen molar-refractivity contribution in [3.8, 4) is 16.3 Å². The van der Waals surface area contributed by atoms with Crippen molar-refractivity contribution in [2.75, 3.05) is 18.9 Å². The van der Waals surface area contributed by atoms with E-state index in [1.54, 1.807) is 19.4 Å². The highest BCUT2D eigenvalue weighted by Gasteiger charge is 2.21. The second-order valence-electron chi connectivity index (χ2n) is 5.98. The molecule has 0 aliphatic heterocycles. The number of benzene rings is 2. The lowest BCUT2D eigenvalue weighted by molar-refractivity contribution is 0.0696. The molecule has 10 heteroatoms. The minimum atomic E-state index is -3.99. The van der Waals surface area contributed by atoms with E-state index in [0.29, 0.717) is 5.01 Å². The summed E-state index contributed by atoms with van der Waals surface area (Å²) in [5.41, 5.74) is 1.81. The van der Waals surface area contributed by atoms with Gasteiger partial charge in [-0.15, -0.1) is 11.3 Å². The summed E-state index contributed by atoms with van der Waals surface area (Å²) in [6.07, 6.45) is 3.36. The van der Waals surface area contributed by atoms with Crippen molar-refractivity contribution in [2.45, 2.75) is 5.03 Å². The number of carboxylic acid groups (broad SMARTS) is 1. The normalized spacial score (nSPS) is 11.4. The molecule has 8 nitrogen and oxygen atoms in total. The van der Waals surface area contributed by atoms with Crippen molar-refractivity contribution < 1.29 is 27.8 Å². The maximum absolute atomic E-state index is 12.7. The SMILES string of the molecule is CO/C=C/c1ccc(-c2nc(S(=O)(=O)Nc3ccc(C(=O)O)cc3OC)cs2)cc1. The Morgan fingerprint density at radius 3 is 2.53 bits per heavy atom. The minimum Gasteiger partial charge on any atom is -0.504 e. The predicted octanol–water partition coefficient (Wildman–Crippen LogP) is 3.93. The van der Waals surface area contributed by atoms with Crippen molar-refractivity contribution in [1.82, 2.24) is 4.98 Å². The highest BCUT2D eigenvalue weighted by molar-refractivity contribution is 7.92. The zero-order valence-electron chi connectivity index (χ0n) is 16.0. The molecule has 3 aromatic rings. The quantitative estimate of drug-likeness (QED) is 0.504. The molecule has 1 aromatic heterocycles. The molecule has 156 valence electrons. The molecule has 0 saturated heterocycles. The molecule has 0 radical (unpaired) electrons. The Labute approximate surface area is 177 Å². The first-order valence-electron chi connectivity index (χ1n) is 8.53. The molecule has 30 heavy (non-hydrogen) atoms. The maximum atomic E-state index is 12.7. The molecule has 0 amide bonds. The van der Waals surface area contributed by atoms with E-state index >= 15 is 0 Å². The van der Waals surface area contributed by atoms with E-state index in [4.69, 9.17) is 14.6 Å². The number of nitrogens with one attached hydrogen (secondary N) is 1. The number of thiazole rings is 1. The first kappa shape index (κ1) is 21.3. The number of aromatic nitrogens is 1. The second-order valence-corrected chi connectivity index (χ2v) is 8.46. The molecule has 2 N–H and O–H groups in total. The van der Waals surface area contributed by atoms with Crippen molar-refractivity contribution in [3.63, 3.8) is 0 Å². The molecule has 0 atom stereocenters. The van der Waals surface area contributed by atoms with E-state index in [9.17, 15) is 13.2 Å². The van der Waals surface area contributed by atoms with Crippen LogP contribution in [0.15, 0.2) is 59.1 Å². The summed E-state index contributed by atoms with van der Waals surface area (Å²) in [4.78, 5) is 15.3. The van der Waals surface area contributed by atoms with Crippen LogP contribution in [0.4, 0.5) is 5.69 Å². The second kappa shape index (κ2) is 8.97. The number of aromatic carboxylic acids is 1. The lowest BCUT2D eigenvalue weighted by atomic mass is 10.1. The van der Waals surface area contributed by atoms with E-state index in [2.05, 4.69) is 9.71 Å². The van der Waals surface area contributed by atoms with E-state index in [1.165, 1.54) is 42.0 Å². The van der Waals surface area contributed by atoms with Gasteiger partial charge in [-0.2, -0.15) is 8.42 Å². The number of ether oxygens (including phenoxy) is 2. The predicted molar refractivity (Wildman–Crippen MR) is 114 cm³/mol. The van der Waals surface area contributed by atoms with Gasteiger partial charge < -0.3 is 14.6 Å². The Morgan fingerprint density at radius 1 is 1.17 bits per heavy atom. The summed E-state index contributed by atoms with van der Waals surface area (Å²) in [5.74, 6) is -1.05. The van der Waals surface area contributed by atoms with E-state index in [0.717, 1.165) is 11.1 Å². The summed E-state index contributed by atoms with van der Waals surface area (Å²) in [5, 5.41) is 10.9. The molecular weight excluding hydrogens is 428 g/mol. The van der Waals surface area contributed by atoms with Gasteiger partial charge in [0.15, 0.2) is 5.03 Å². The van der Waals surface area contributed by atoms with Crippen LogP contribution in [-0.4, -0.2) is 38.7 Å². The third-order valence-electron chi connectivity index (χ3n) is 4.01. The molecule has 0 aliphatic carbocycles. The summed E-state index contributed by atoms with van der Waals surface area (Å²) in [7, 11) is -1.11. The Bertz CT molecular complexity index is 1180. The maximum Gasteiger partial charge on any atom is 0.335 e. The molecular formula is C20H18N2O6S2. The summed E-state index contributed by atoms with van der Waals surface area (Å²) < 4.78 is 37.9. The van der Waals surface area contributed by atoms with Gasteiger partial charge >= 0.3 is 5.97 Å². The molecule has 0 fully saturated rings. The van der Waals surface area contributed by atoms with Crippen LogP contribution < -0.4 is 9.46 Å². The van der Waals surface area contributed by atoms with Crippen molar-refractivity contribution in [1.29, 1.82) is 0 Å². The Kier molecular flexibility index (Phi) is 6.38. The fourth-order valence-corrected chi connectivity index (χ4v) is 4.68. The number of methoxy groups -OCH3 is 2. The number of nitrogens with zero attached hydrogens (tertiary/aromatic N) is 1. The standard InChI is InChI=1S/C20H18N2O6S2/c1-27-10-9-13-3-5-14(6-4-13)19-21-18(12-29-19)30(25,26)22-16-8-7-15(20(23)24)11-17(16)28-2/h3-12,22H,1-2H3,(H,23,24)/b10-9+. The molecule has 0 aliphatic rings. The van der Waals surface area contributed by atoms with Crippen molar-refractivity contribution in [3.05, 3.63) is 65.2 Å². The fourth-order valence-electron chi connectivity index (χ4n) is 2.50. The van der Waals surface area contributed by atoms with Gasteiger partial charge in [0.25, 0.3) is 10.0 Å². The van der Waals surface area contributed by atoms with E-state index in [-0.39, 0.29) is 22.0 Å². The number of hydrogen-bond acceptors (Lipinski definition) is 7. The third-order valence-corrected chi connectivity index (χ3v) is 6.29. The van der Waals surface area contributed by atoms with Crippen LogP contribution in [0.5, 0.6) is 5.75 Å². The van der Waals surface area contributed by atoms with Crippen LogP contribution in [0.25, 0.3) is 16.6 Å². The van der Waals surface area contributed by atoms with Gasteiger partial charge in [-0.3, -0.25) is 4.72 Å². The van der Waals surface area contributed by atoms with Crippen molar-refractivity contribution in [2.24, 2.45) is 0 Å². The van der Waals surface area contributed by atoms with Gasteiger partial charge in [-0.1, -0.05) is 24.3 Å². The molecule has 0 unspecified atom stereocenters. The van der Waals surface area contributed by atoms with Crippen LogP contribution in [0.2, 0.25) is 0 Å². The fraction of sp³-hybridized carbons (Fsp3) is 0.100. The molecule has 2 aromatic carbocycles. The van der Waals surface area contributed by atoms with Gasteiger partial charge in [0.1, 0.15) is 10.8 Å². The van der Waals surface area contributed by atoms with E-state index < -0.39 is 16.0 Å². The van der Waals surface area contributed by atoms with Crippen molar-refractivity contribution >= 4 is 39.1 Å². The van der Waals surface area contributed by atoms with Gasteiger partial charge in [0, 0.05) is 10.9 Å². The largest absolute Gasteiger partial charge is 0.504 e. The number of anilines is 1. The van der Waals surface area contributed by atoms with Gasteiger partial charge in [0.2, 0.25) is 0 Å². The average Bonchev–Trinajstić information content (AvgIpc) is 3.24. The molecule has 1 heterocycles. The van der Waals surface area contributed by atoms with Gasteiger partial charge in [-0.05, 0) is 29.8 Å². The number of carbonyl (C=O) groups is 1. The highest BCUT2D eigenvalue weighted by Crippen LogP contribution is 2.30. The number of carboxylic acids is 1. The summed E-state index contributed by atoms with van der Waals surface area (Å²) >= 11 is 1.20. The minimum absolute atomic E-state index is 0.0190. The van der Waals surface area contributed by atoms with E-state index in [1.807, 2.05) is 24.3 Å². The smallest absolute Gasteiger partial charge is 0.335 e. The average molecular weight is 447 g/mol. The number of sulfonamides is 1. The zero-order valence-corrected chi connectivity index (χ0v) is 17.7. The molecule has 0 spiro atoms. The lowest BCUT2D eigenvalue weighted by Gasteiger charge is -2.11. The van der Waals surface area contributed by atoms with Crippen LogP contribution in [-0.2, 0) is 14.8 Å². The Balaban J connectivity index is 1.84. The monoisotopic (exact) mass is 446 g/mol. The summed E-state index contributed by atoms with van der Waals surface area (Å²) in [6, 6.07) is 11.3. The third kappa shape index (κ3) is 4.78. The lowest BCUT2D eigenvalue weighted by Crippen LogP contribution is -2.14. The van der Waals surface area contributed by atoms with Crippen LogP contribution in [0.3, 0.4) is 0 Å². The van der Waals surface area contributed by atoms with Crippen LogP contribution >= 0.6 is 11.3 Å². The Morgan fingerprint density at radius 2 is 1.90 bits per heavy atom. The Hall–Kier alpha value is -3.37. The van der Waals surface area contributed by atoms with Crippen LogP contribution in [0, 0.1) is 0 Å². The van der Waals surface area contributed by atoms with Gasteiger partial charge in [-0.25, -0.2) is 9.78 Å². The number of hydrogen-bond donors (Lipinski definition) is 2. The highest BCUT2D eigenvalue weighted by atomic mass is 32.2. The zero-order chi connectivity index (χ0) is 21.7. The first-order chi connectivity index (χ1) is 14.3. The van der Waals surface area contributed by atoms with Gasteiger partial charge in [0.05, 0.1) is 31.7 Å². The van der Waals surface area contributed by atoms with Crippen LogP contribution in [0.1, 0.15) is 15.9 Å². The molecule has 0 bridgehead atoms. The first-order valence-corrected chi connectivity index (χ1v) is 10.9.